The number of nitrogens with two attached hydrogens (primary N) is 2. The van der Waals surface area contributed by atoms with Crippen LogP contribution in [0.15, 0.2) is 22.5 Å². The van der Waals surface area contributed by atoms with E-state index in [1.807, 2.05) is 18.7 Å². The molecule has 6 N–H and O–H groups in total. The second-order valence-corrected chi connectivity index (χ2v) is 9.14. The molecule has 4 aliphatic rings. The summed E-state index contributed by atoms with van der Waals surface area (Å²) in [5.74, 6) is -1.14. The van der Waals surface area contributed by atoms with Crippen molar-refractivity contribution >= 4 is 17.7 Å². The number of piperazine rings is 1. The first-order valence-electron chi connectivity index (χ1n) is 10.1. The number of allylic oxidation sites excluding steroid dienone is 2. The highest BCUT2D eigenvalue weighted by Crippen LogP contribution is 2.55. The summed E-state index contributed by atoms with van der Waals surface area (Å²) in [4.78, 5) is 40.2. The highest BCUT2D eigenvalue weighted by molar-refractivity contribution is 6.25. The smallest absolute Gasteiger partial charge is 0.404 e. The number of carbonyl (C=O) groups excluding carboxylic acids is 3. The Morgan fingerprint density at radius 1 is 1.37 bits per heavy atom. The van der Waals surface area contributed by atoms with Crippen LogP contribution in [0.1, 0.15) is 20.8 Å². The normalized spacial score (nSPS) is 32.3. The number of hydrogen-bond acceptors (Lipinski definition) is 9. The molecule has 4 atom stereocenters. The number of nitrogens with zero attached hydrogens (tertiary/aromatic N) is 1. The predicted molar refractivity (Wildman–Crippen MR) is 107 cm³/mol. The van der Waals surface area contributed by atoms with Crippen molar-refractivity contribution in [3.05, 3.63) is 22.5 Å². The van der Waals surface area contributed by atoms with Gasteiger partial charge >= 0.3 is 6.09 Å². The maximum absolute atomic E-state index is 13.6. The molecule has 0 radical (unpaired) electrons. The molecule has 0 unspecified atom stereocenters. The van der Waals surface area contributed by atoms with Gasteiger partial charge in [0.2, 0.25) is 11.6 Å². The number of ketones is 2. The van der Waals surface area contributed by atoms with Gasteiger partial charge in [-0.25, -0.2) is 4.79 Å². The van der Waals surface area contributed by atoms with Gasteiger partial charge in [-0.15, -0.1) is 0 Å². The molecular weight excluding hydrogens is 390 g/mol. The second kappa shape index (κ2) is 6.79. The summed E-state index contributed by atoms with van der Waals surface area (Å²) < 4.78 is 11.0. The van der Waals surface area contributed by atoms with Crippen molar-refractivity contribution in [1.82, 2.24) is 15.5 Å². The Hall–Kier alpha value is -2.43. The van der Waals surface area contributed by atoms with Gasteiger partial charge in [-0.3, -0.25) is 9.59 Å². The summed E-state index contributed by atoms with van der Waals surface area (Å²) in [6, 6.07) is 0.0928. The number of fused-ring (bicyclic) bond motifs is 4. The molecule has 0 aromatic carbocycles. The van der Waals surface area contributed by atoms with Crippen LogP contribution in [0.2, 0.25) is 0 Å². The van der Waals surface area contributed by atoms with Crippen molar-refractivity contribution in [2.45, 2.75) is 38.6 Å². The van der Waals surface area contributed by atoms with Crippen LogP contribution in [-0.2, 0) is 19.1 Å². The molecule has 1 aliphatic carbocycles. The molecule has 164 valence electrons. The summed E-state index contributed by atoms with van der Waals surface area (Å²) in [6.07, 6.45) is -0.940. The predicted octanol–water partition coefficient (Wildman–Crippen LogP) is -1.04. The van der Waals surface area contributed by atoms with Gasteiger partial charge in [0.05, 0.1) is 23.4 Å². The van der Waals surface area contributed by atoms with E-state index in [0.29, 0.717) is 36.5 Å². The monoisotopic (exact) mass is 419 g/mol. The molecule has 0 spiro atoms. The van der Waals surface area contributed by atoms with Crippen LogP contribution in [0.25, 0.3) is 0 Å². The minimum atomic E-state index is -0.970. The average Bonchev–Trinajstić information content (AvgIpc) is 3.30. The fraction of sp³-hybridized carbons (Fsp3) is 0.650. The van der Waals surface area contributed by atoms with Crippen LogP contribution in [0.5, 0.6) is 0 Å². The van der Waals surface area contributed by atoms with Crippen LogP contribution in [-0.4, -0.2) is 73.7 Å². The zero-order chi connectivity index (χ0) is 22.0. The van der Waals surface area contributed by atoms with E-state index in [0.717, 1.165) is 0 Å². The minimum absolute atomic E-state index is 0.0666. The molecule has 3 aliphatic heterocycles. The Labute approximate surface area is 175 Å². The number of Topliss-reactive ketones (excluding diaryl/α,β-unsaturated/α-hetero) is 2. The Kier molecular flexibility index (Phi) is 4.72. The molecule has 10 nitrogen and oxygen atoms in total. The molecule has 4 rings (SSSR count). The number of nitrogens with one attached hydrogen (secondary N) is 2. The molecule has 0 aromatic heterocycles. The van der Waals surface area contributed by atoms with Crippen molar-refractivity contribution < 1.29 is 23.9 Å². The summed E-state index contributed by atoms with van der Waals surface area (Å²) in [7, 11) is 1.54. The molecule has 30 heavy (non-hydrogen) atoms. The average molecular weight is 419 g/mol. The summed E-state index contributed by atoms with van der Waals surface area (Å²) in [5.41, 5.74) is 11.1. The minimum Gasteiger partial charge on any atom is -0.449 e. The van der Waals surface area contributed by atoms with Gasteiger partial charge in [-0.05, 0) is 18.9 Å². The standard InChI is InChI=1S/C20H29N5O5/c1-9-13(23-8-19(2,3)7-21)16(27)12-10(6-30-18(22)28)20(29-4)17-11(24-17)5-25(20)14(12)15(9)26/h10-11,17,23-24H,5-8,21H2,1-4H3,(H2,22,28)/t10-,11+,17+,20-/m1/s1. The Morgan fingerprint density at radius 3 is 2.67 bits per heavy atom. The zero-order valence-corrected chi connectivity index (χ0v) is 17.7. The molecule has 2 fully saturated rings. The molecule has 2 saturated heterocycles. The van der Waals surface area contributed by atoms with Gasteiger partial charge in [0.1, 0.15) is 6.61 Å². The van der Waals surface area contributed by atoms with Gasteiger partial charge in [-0.1, -0.05) is 13.8 Å². The van der Waals surface area contributed by atoms with E-state index in [1.165, 1.54) is 0 Å². The second-order valence-electron chi connectivity index (χ2n) is 9.14. The molecule has 0 bridgehead atoms. The van der Waals surface area contributed by atoms with Crippen LogP contribution in [0.3, 0.4) is 0 Å². The first-order chi connectivity index (χ1) is 14.1. The van der Waals surface area contributed by atoms with E-state index >= 15 is 0 Å². The lowest BCUT2D eigenvalue weighted by molar-refractivity contribution is -0.137. The number of methoxy groups -OCH3 is 1. The van der Waals surface area contributed by atoms with Gasteiger partial charge in [0, 0.05) is 37.4 Å². The topological polar surface area (TPSA) is 159 Å². The van der Waals surface area contributed by atoms with Crippen LogP contribution < -0.4 is 22.1 Å². The first-order valence-corrected chi connectivity index (χ1v) is 10.1. The van der Waals surface area contributed by atoms with Gasteiger partial charge < -0.3 is 36.5 Å². The number of amides is 1. The van der Waals surface area contributed by atoms with Crippen molar-refractivity contribution in [3.63, 3.8) is 0 Å². The van der Waals surface area contributed by atoms with E-state index in [9.17, 15) is 14.4 Å². The first kappa shape index (κ1) is 20.8. The highest BCUT2D eigenvalue weighted by atomic mass is 16.6. The van der Waals surface area contributed by atoms with Crippen molar-refractivity contribution in [3.8, 4) is 0 Å². The Balaban J connectivity index is 1.73. The van der Waals surface area contributed by atoms with Crippen LogP contribution in [0.4, 0.5) is 4.79 Å². The number of hydrogen-bond donors (Lipinski definition) is 4. The summed E-state index contributed by atoms with van der Waals surface area (Å²) in [5, 5.41) is 6.48. The lowest BCUT2D eigenvalue weighted by Gasteiger charge is -2.39. The van der Waals surface area contributed by atoms with Crippen LogP contribution in [0, 0.1) is 11.3 Å². The largest absolute Gasteiger partial charge is 0.449 e. The third-order valence-corrected chi connectivity index (χ3v) is 6.72. The lowest BCUT2D eigenvalue weighted by atomic mass is 9.82. The third-order valence-electron chi connectivity index (χ3n) is 6.72. The van der Waals surface area contributed by atoms with E-state index in [-0.39, 0.29) is 41.4 Å². The molecule has 0 saturated carbocycles. The van der Waals surface area contributed by atoms with Gasteiger partial charge in [-0.2, -0.15) is 0 Å². The van der Waals surface area contributed by atoms with Gasteiger partial charge in [0.25, 0.3) is 0 Å². The van der Waals surface area contributed by atoms with Crippen molar-refractivity contribution in [2.75, 3.05) is 33.4 Å². The van der Waals surface area contributed by atoms with Crippen molar-refractivity contribution in [1.29, 1.82) is 0 Å². The Morgan fingerprint density at radius 2 is 2.07 bits per heavy atom. The number of ether oxygens (including phenoxy) is 2. The summed E-state index contributed by atoms with van der Waals surface area (Å²) in [6.45, 7) is 6.85. The molecule has 10 heteroatoms. The van der Waals surface area contributed by atoms with Crippen LogP contribution >= 0.6 is 0 Å². The number of carbonyl (C=O) groups is 3. The summed E-state index contributed by atoms with van der Waals surface area (Å²) >= 11 is 0. The van der Waals surface area contributed by atoms with Crippen molar-refractivity contribution in [2.24, 2.45) is 22.8 Å². The third kappa shape index (κ3) is 2.78. The fourth-order valence-corrected chi connectivity index (χ4v) is 4.90. The number of rotatable bonds is 7. The quantitative estimate of drug-likeness (QED) is 0.299. The molecule has 0 aromatic rings. The van der Waals surface area contributed by atoms with E-state index in [2.05, 4.69) is 10.6 Å². The lowest BCUT2D eigenvalue weighted by Crippen LogP contribution is -2.55. The maximum Gasteiger partial charge on any atom is 0.404 e. The number of primary amides is 1. The molecule has 3 heterocycles. The Bertz CT molecular complexity index is 894. The van der Waals surface area contributed by atoms with E-state index in [1.54, 1.807) is 14.0 Å². The SMILES string of the molecule is CO[C@@]12[C@H](COC(N)=O)C3=C(C(=O)C(C)=C(NCC(C)(C)CN)C3=O)N1C[C@@H]1N[C@@H]12. The highest BCUT2D eigenvalue weighted by Gasteiger charge is 2.72. The zero-order valence-electron chi connectivity index (χ0n) is 17.7. The molecule has 1 amide bonds. The fourth-order valence-electron chi connectivity index (χ4n) is 4.90. The van der Waals surface area contributed by atoms with Gasteiger partial charge in [0.15, 0.2) is 5.72 Å². The maximum atomic E-state index is 13.6. The van der Waals surface area contributed by atoms with E-state index in [4.69, 9.17) is 20.9 Å². The van der Waals surface area contributed by atoms with E-state index < -0.39 is 17.7 Å². The molecular formula is C20H29N5O5.